The highest BCUT2D eigenvalue weighted by molar-refractivity contribution is 7.89. The van der Waals surface area contributed by atoms with Gasteiger partial charge in [0, 0.05) is 0 Å². The molecule has 2 aromatic rings. The van der Waals surface area contributed by atoms with Gasteiger partial charge in [0.25, 0.3) is 0 Å². The van der Waals surface area contributed by atoms with E-state index in [1.807, 2.05) is 0 Å². The molecular weight excluding hydrogens is 382 g/mol. The van der Waals surface area contributed by atoms with Crippen LogP contribution in [-0.2, 0) is 21.4 Å². The zero-order valence-electron chi connectivity index (χ0n) is 13.1. The molecule has 140 valence electrons. The first-order valence-electron chi connectivity index (χ1n) is 6.76. The van der Waals surface area contributed by atoms with Gasteiger partial charge in [0.15, 0.2) is 23.3 Å². The van der Waals surface area contributed by atoms with Crippen molar-refractivity contribution in [2.45, 2.75) is 11.5 Å². The summed E-state index contributed by atoms with van der Waals surface area (Å²) in [5, 5.41) is 4.68. The Bertz CT molecular complexity index is 961. The van der Waals surface area contributed by atoms with Gasteiger partial charge in [-0.05, 0) is 17.7 Å². The topological polar surface area (TPSA) is 95.7 Å². The van der Waals surface area contributed by atoms with Crippen molar-refractivity contribution in [1.29, 1.82) is 0 Å². The summed E-state index contributed by atoms with van der Waals surface area (Å²) in [6, 6.07) is 5.96. The SMILES string of the molecule is COc1ccc(COC(=O)c2c(F)c(F)c(F)c(F)c2S(N)(=O)=O)cc1. The third-order valence-corrected chi connectivity index (χ3v) is 4.19. The molecular formula is C15H11F4NO5S. The second-order valence-corrected chi connectivity index (χ2v) is 6.43. The molecule has 0 atom stereocenters. The van der Waals surface area contributed by atoms with E-state index >= 15 is 0 Å². The molecule has 6 nitrogen and oxygen atoms in total. The summed E-state index contributed by atoms with van der Waals surface area (Å²) in [7, 11) is -3.68. The number of carbonyl (C=O) groups excluding carboxylic acids is 1. The molecule has 0 saturated carbocycles. The minimum absolute atomic E-state index is 0.375. The maximum absolute atomic E-state index is 13.9. The molecule has 2 rings (SSSR count). The molecule has 0 fully saturated rings. The molecule has 0 radical (unpaired) electrons. The van der Waals surface area contributed by atoms with Crippen LogP contribution in [0.25, 0.3) is 0 Å². The van der Waals surface area contributed by atoms with Crippen molar-refractivity contribution >= 4 is 16.0 Å². The fourth-order valence-electron chi connectivity index (χ4n) is 2.00. The lowest BCUT2D eigenvalue weighted by Crippen LogP contribution is -2.23. The largest absolute Gasteiger partial charge is 0.497 e. The number of methoxy groups -OCH3 is 1. The van der Waals surface area contributed by atoms with E-state index in [4.69, 9.17) is 4.74 Å². The van der Waals surface area contributed by atoms with Crippen LogP contribution >= 0.6 is 0 Å². The molecule has 0 aliphatic rings. The van der Waals surface area contributed by atoms with Gasteiger partial charge in [-0.3, -0.25) is 0 Å². The van der Waals surface area contributed by atoms with Crippen LogP contribution in [0.2, 0.25) is 0 Å². The van der Waals surface area contributed by atoms with E-state index in [-0.39, 0.29) is 0 Å². The van der Waals surface area contributed by atoms with Crippen LogP contribution in [0, 0.1) is 23.3 Å². The van der Waals surface area contributed by atoms with E-state index in [2.05, 4.69) is 9.88 Å². The molecule has 26 heavy (non-hydrogen) atoms. The third kappa shape index (κ3) is 3.78. The van der Waals surface area contributed by atoms with Crippen LogP contribution in [0.15, 0.2) is 29.2 Å². The number of hydrogen-bond donors (Lipinski definition) is 1. The maximum atomic E-state index is 13.9. The standard InChI is InChI=1S/C15H11F4NO5S/c1-24-8-4-2-7(3-5-8)6-25-15(21)9-10(16)11(17)12(18)13(19)14(9)26(20,22)23/h2-5H,6H2,1H3,(H2,20,22,23). The smallest absolute Gasteiger partial charge is 0.343 e. The lowest BCUT2D eigenvalue weighted by Gasteiger charge is -2.12. The molecule has 0 aliphatic carbocycles. The van der Waals surface area contributed by atoms with Crippen molar-refractivity contribution in [1.82, 2.24) is 0 Å². The lowest BCUT2D eigenvalue weighted by molar-refractivity contribution is 0.0459. The van der Waals surface area contributed by atoms with Crippen LogP contribution in [0.4, 0.5) is 17.6 Å². The molecule has 0 heterocycles. The number of benzene rings is 2. The second-order valence-electron chi connectivity index (χ2n) is 4.93. The predicted octanol–water partition coefficient (Wildman–Crippen LogP) is 2.26. The molecule has 0 amide bonds. The van der Waals surface area contributed by atoms with E-state index < -0.39 is 56.3 Å². The van der Waals surface area contributed by atoms with Gasteiger partial charge in [-0.25, -0.2) is 35.9 Å². The number of ether oxygens (including phenoxy) is 2. The number of sulfonamides is 1. The van der Waals surface area contributed by atoms with E-state index in [1.165, 1.54) is 31.4 Å². The van der Waals surface area contributed by atoms with Crippen LogP contribution < -0.4 is 9.88 Å². The van der Waals surface area contributed by atoms with Gasteiger partial charge in [-0.1, -0.05) is 12.1 Å². The Hall–Kier alpha value is -2.66. The van der Waals surface area contributed by atoms with Crippen LogP contribution in [0.1, 0.15) is 15.9 Å². The van der Waals surface area contributed by atoms with Gasteiger partial charge in [0.05, 0.1) is 7.11 Å². The number of esters is 1. The summed E-state index contributed by atoms with van der Waals surface area (Å²) < 4.78 is 86.7. The first-order valence-corrected chi connectivity index (χ1v) is 8.31. The molecule has 11 heteroatoms. The van der Waals surface area contributed by atoms with E-state index in [0.717, 1.165) is 0 Å². The third-order valence-electron chi connectivity index (χ3n) is 3.24. The molecule has 0 spiro atoms. The average Bonchev–Trinajstić information content (AvgIpc) is 2.60. The Morgan fingerprint density at radius 3 is 2.04 bits per heavy atom. The Balaban J connectivity index is 2.41. The minimum atomic E-state index is -5.10. The summed E-state index contributed by atoms with van der Waals surface area (Å²) in [5.74, 6) is -10.6. The Morgan fingerprint density at radius 2 is 1.54 bits per heavy atom. The van der Waals surface area contributed by atoms with Crippen molar-refractivity contribution in [2.24, 2.45) is 5.14 Å². The number of halogens is 4. The summed E-state index contributed by atoms with van der Waals surface area (Å²) in [5.41, 5.74) is -1.28. The summed E-state index contributed by atoms with van der Waals surface area (Å²) in [4.78, 5) is 10.2. The first kappa shape index (κ1) is 19.7. The molecule has 2 N–H and O–H groups in total. The summed E-state index contributed by atoms with van der Waals surface area (Å²) >= 11 is 0. The fourth-order valence-corrected chi connectivity index (χ4v) is 2.80. The van der Waals surface area contributed by atoms with Gasteiger partial charge in [-0.2, -0.15) is 0 Å². The number of primary sulfonamides is 1. The monoisotopic (exact) mass is 393 g/mol. The quantitative estimate of drug-likeness (QED) is 0.364. The zero-order chi connectivity index (χ0) is 19.6. The zero-order valence-corrected chi connectivity index (χ0v) is 13.9. The molecule has 0 unspecified atom stereocenters. The number of rotatable bonds is 5. The van der Waals surface area contributed by atoms with Crippen LogP contribution in [0.5, 0.6) is 5.75 Å². The fraction of sp³-hybridized carbons (Fsp3) is 0.133. The molecule has 0 aromatic heterocycles. The highest BCUT2D eigenvalue weighted by Gasteiger charge is 2.35. The highest BCUT2D eigenvalue weighted by atomic mass is 32.2. The molecule has 0 bridgehead atoms. The van der Waals surface area contributed by atoms with Gasteiger partial charge in [-0.15, -0.1) is 0 Å². The van der Waals surface area contributed by atoms with Crippen molar-refractivity contribution in [3.63, 3.8) is 0 Å². The Morgan fingerprint density at radius 1 is 1.00 bits per heavy atom. The van der Waals surface area contributed by atoms with Crippen LogP contribution in [-0.4, -0.2) is 21.5 Å². The Labute approximate surface area is 145 Å². The summed E-state index contributed by atoms with van der Waals surface area (Å²) in [6.07, 6.45) is 0. The molecule has 0 aliphatic heterocycles. The second kappa shape index (κ2) is 7.30. The van der Waals surface area contributed by atoms with Crippen molar-refractivity contribution in [3.8, 4) is 5.75 Å². The van der Waals surface area contributed by atoms with Gasteiger partial charge in [0.2, 0.25) is 10.0 Å². The van der Waals surface area contributed by atoms with Gasteiger partial charge >= 0.3 is 5.97 Å². The highest BCUT2D eigenvalue weighted by Crippen LogP contribution is 2.28. The number of nitrogens with two attached hydrogens (primary N) is 1. The van der Waals surface area contributed by atoms with Crippen molar-refractivity contribution in [2.75, 3.05) is 7.11 Å². The maximum Gasteiger partial charge on any atom is 0.343 e. The molecule has 2 aromatic carbocycles. The van der Waals surface area contributed by atoms with E-state index in [9.17, 15) is 30.8 Å². The number of carbonyl (C=O) groups is 1. The lowest BCUT2D eigenvalue weighted by atomic mass is 10.2. The van der Waals surface area contributed by atoms with Crippen molar-refractivity contribution < 1.29 is 40.2 Å². The first-order chi connectivity index (χ1) is 12.1. The van der Waals surface area contributed by atoms with E-state index in [1.54, 1.807) is 0 Å². The number of hydrogen-bond acceptors (Lipinski definition) is 5. The van der Waals surface area contributed by atoms with Crippen molar-refractivity contribution in [3.05, 3.63) is 58.7 Å². The predicted molar refractivity (Wildman–Crippen MR) is 79.8 cm³/mol. The van der Waals surface area contributed by atoms with Gasteiger partial charge < -0.3 is 9.47 Å². The minimum Gasteiger partial charge on any atom is -0.497 e. The summed E-state index contributed by atoms with van der Waals surface area (Å²) in [6.45, 7) is -0.493. The Kier molecular flexibility index (Phi) is 5.52. The average molecular weight is 393 g/mol. The van der Waals surface area contributed by atoms with Gasteiger partial charge in [0.1, 0.15) is 22.8 Å². The molecule has 0 saturated heterocycles. The normalized spacial score (nSPS) is 11.3. The van der Waals surface area contributed by atoms with E-state index in [0.29, 0.717) is 11.3 Å². The van der Waals surface area contributed by atoms with Crippen LogP contribution in [0.3, 0.4) is 0 Å².